The third-order valence-corrected chi connectivity index (χ3v) is 3.16. The molecule has 0 atom stereocenters. The molecule has 0 amide bonds. The van der Waals surface area contributed by atoms with Gasteiger partial charge in [0.2, 0.25) is 0 Å². The van der Waals surface area contributed by atoms with Gasteiger partial charge in [0.25, 0.3) is 0 Å². The number of ether oxygens (including phenoxy) is 1. The molecule has 0 spiro atoms. The molecule has 0 saturated heterocycles. The number of rotatable bonds is 7. The zero-order chi connectivity index (χ0) is 14.4. The molecule has 2 aromatic rings. The Morgan fingerprint density at radius 2 is 2.20 bits per heavy atom. The molecule has 5 heteroatoms. The average molecular weight is 294 g/mol. The first kappa shape index (κ1) is 14.7. The Labute approximate surface area is 124 Å². The fourth-order valence-electron chi connectivity index (χ4n) is 1.94. The largest absolute Gasteiger partial charge is 0.492 e. The smallest absolute Gasteiger partial charge is 0.138 e. The lowest BCUT2D eigenvalue weighted by Crippen LogP contribution is -2.00. The van der Waals surface area contributed by atoms with Crippen LogP contribution in [0.3, 0.4) is 0 Å². The summed E-state index contributed by atoms with van der Waals surface area (Å²) < 4.78 is 7.37. The molecule has 0 unspecified atom stereocenters. The molecule has 20 heavy (non-hydrogen) atoms. The van der Waals surface area contributed by atoms with Crippen LogP contribution >= 0.6 is 11.6 Å². The predicted octanol–water partition coefficient (Wildman–Crippen LogP) is 3.96. The lowest BCUT2D eigenvalue weighted by Gasteiger charge is -2.09. The van der Waals surface area contributed by atoms with Crippen LogP contribution in [0, 0.1) is 0 Å². The molecule has 2 rings (SSSR count). The standard InChI is InChI=1S/C15H20ClN3O/c1-3-7-19-11-12(10-18-19)9-17-13-5-6-15(20-4-2)14(16)8-13/h5-6,8,10-11,17H,3-4,7,9H2,1-2H3. The first-order valence-corrected chi connectivity index (χ1v) is 7.28. The van der Waals surface area contributed by atoms with Gasteiger partial charge in [-0.3, -0.25) is 4.68 Å². The number of anilines is 1. The summed E-state index contributed by atoms with van der Waals surface area (Å²) in [4.78, 5) is 0. The molecule has 4 nitrogen and oxygen atoms in total. The fraction of sp³-hybridized carbons (Fsp3) is 0.400. The summed E-state index contributed by atoms with van der Waals surface area (Å²) in [6, 6.07) is 5.73. The van der Waals surface area contributed by atoms with E-state index in [0.29, 0.717) is 11.6 Å². The summed E-state index contributed by atoms with van der Waals surface area (Å²) in [5, 5.41) is 8.26. The Morgan fingerprint density at radius 1 is 1.35 bits per heavy atom. The van der Waals surface area contributed by atoms with Crippen molar-refractivity contribution in [3.05, 3.63) is 41.2 Å². The second kappa shape index (κ2) is 7.20. The number of aromatic nitrogens is 2. The van der Waals surface area contributed by atoms with E-state index < -0.39 is 0 Å². The lowest BCUT2D eigenvalue weighted by molar-refractivity contribution is 0.340. The number of benzene rings is 1. The van der Waals surface area contributed by atoms with E-state index in [1.807, 2.05) is 36.0 Å². The summed E-state index contributed by atoms with van der Waals surface area (Å²) >= 11 is 6.15. The van der Waals surface area contributed by atoms with Crippen LogP contribution in [0.25, 0.3) is 0 Å². The second-order valence-electron chi connectivity index (χ2n) is 4.54. The molecule has 0 bridgehead atoms. The molecule has 1 aromatic heterocycles. The molecule has 0 radical (unpaired) electrons. The van der Waals surface area contributed by atoms with Crippen molar-refractivity contribution in [2.45, 2.75) is 33.4 Å². The van der Waals surface area contributed by atoms with Gasteiger partial charge in [-0.25, -0.2) is 0 Å². The highest BCUT2D eigenvalue weighted by Crippen LogP contribution is 2.27. The lowest BCUT2D eigenvalue weighted by atomic mass is 10.3. The molecule has 0 aliphatic carbocycles. The summed E-state index contributed by atoms with van der Waals surface area (Å²) in [6.07, 6.45) is 5.04. The first-order chi connectivity index (χ1) is 9.72. The van der Waals surface area contributed by atoms with Gasteiger partial charge >= 0.3 is 0 Å². The van der Waals surface area contributed by atoms with Crippen LogP contribution < -0.4 is 10.1 Å². The van der Waals surface area contributed by atoms with Crippen molar-refractivity contribution in [1.29, 1.82) is 0 Å². The van der Waals surface area contributed by atoms with Crippen molar-refractivity contribution < 1.29 is 4.74 Å². The van der Waals surface area contributed by atoms with Gasteiger partial charge in [0.15, 0.2) is 0 Å². The molecule has 1 heterocycles. The Kier molecular flexibility index (Phi) is 5.30. The van der Waals surface area contributed by atoms with Crippen LogP contribution in [0.4, 0.5) is 5.69 Å². The minimum Gasteiger partial charge on any atom is -0.492 e. The van der Waals surface area contributed by atoms with Crippen molar-refractivity contribution in [1.82, 2.24) is 9.78 Å². The Balaban J connectivity index is 1.94. The van der Waals surface area contributed by atoms with Gasteiger partial charge in [-0.15, -0.1) is 0 Å². The van der Waals surface area contributed by atoms with Crippen molar-refractivity contribution >= 4 is 17.3 Å². The predicted molar refractivity (Wildman–Crippen MR) is 82.5 cm³/mol. The van der Waals surface area contributed by atoms with E-state index in [4.69, 9.17) is 16.3 Å². The van der Waals surface area contributed by atoms with E-state index >= 15 is 0 Å². The van der Waals surface area contributed by atoms with Gasteiger partial charge in [0.05, 0.1) is 17.8 Å². The Bertz CT molecular complexity index is 554. The number of hydrogen-bond donors (Lipinski definition) is 1. The molecular weight excluding hydrogens is 274 g/mol. The van der Waals surface area contributed by atoms with E-state index in [0.717, 1.165) is 36.5 Å². The summed E-state index contributed by atoms with van der Waals surface area (Å²) in [5.41, 5.74) is 2.13. The zero-order valence-electron chi connectivity index (χ0n) is 11.9. The van der Waals surface area contributed by atoms with Gasteiger partial charge in [-0.2, -0.15) is 5.10 Å². The van der Waals surface area contributed by atoms with Crippen LogP contribution in [-0.2, 0) is 13.1 Å². The maximum atomic E-state index is 6.15. The molecule has 0 aliphatic heterocycles. The van der Waals surface area contributed by atoms with Crippen molar-refractivity contribution in [2.75, 3.05) is 11.9 Å². The van der Waals surface area contributed by atoms with Crippen LogP contribution in [0.5, 0.6) is 5.75 Å². The Hall–Kier alpha value is -1.68. The van der Waals surface area contributed by atoms with Gasteiger partial charge < -0.3 is 10.1 Å². The minimum atomic E-state index is 0.614. The van der Waals surface area contributed by atoms with Crippen molar-refractivity contribution in [2.24, 2.45) is 0 Å². The zero-order valence-corrected chi connectivity index (χ0v) is 12.7. The normalized spacial score (nSPS) is 10.6. The van der Waals surface area contributed by atoms with Gasteiger partial charge in [-0.05, 0) is 31.5 Å². The number of nitrogens with one attached hydrogen (secondary N) is 1. The van der Waals surface area contributed by atoms with Crippen molar-refractivity contribution in [3.8, 4) is 5.75 Å². The van der Waals surface area contributed by atoms with E-state index in [-0.39, 0.29) is 0 Å². The van der Waals surface area contributed by atoms with Gasteiger partial charge in [0.1, 0.15) is 5.75 Å². The van der Waals surface area contributed by atoms with E-state index in [9.17, 15) is 0 Å². The first-order valence-electron chi connectivity index (χ1n) is 6.90. The van der Waals surface area contributed by atoms with Crippen molar-refractivity contribution in [3.63, 3.8) is 0 Å². The van der Waals surface area contributed by atoms with Crippen LogP contribution in [0.1, 0.15) is 25.8 Å². The highest BCUT2D eigenvalue weighted by molar-refractivity contribution is 6.32. The molecule has 108 valence electrons. The summed E-state index contributed by atoms with van der Waals surface area (Å²) in [7, 11) is 0. The van der Waals surface area contributed by atoms with Crippen LogP contribution in [-0.4, -0.2) is 16.4 Å². The molecule has 0 aliphatic rings. The van der Waals surface area contributed by atoms with E-state index in [1.165, 1.54) is 0 Å². The third kappa shape index (κ3) is 3.90. The maximum absolute atomic E-state index is 6.15. The topological polar surface area (TPSA) is 39.1 Å². The molecule has 1 aromatic carbocycles. The van der Waals surface area contributed by atoms with Gasteiger partial charge in [-0.1, -0.05) is 18.5 Å². The number of hydrogen-bond acceptors (Lipinski definition) is 3. The maximum Gasteiger partial charge on any atom is 0.138 e. The quantitative estimate of drug-likeness (QED) is 0.840. The van der Waals surface area contributed by atoms with Gasteiger partial charge in [0, 0.05) is 30.5 Å². The molecule has 1 N–H and O–H groups in total. The van der Waals surface area contributed by atoms with Crippen LogP contribution in [0.2, 0.25) is 5.02 Å². The second-order valence-corrected chi connectivity index (χ2v) is 4.95. The minimum absolute atomic E-state index is 0.614. The molecule has 0 fully saturated rings. The average Bonchev–Trinajstić information content (AvgIpc) is 2.88. The highest BCUT2D eigenvalue weighted by atomic mass is 35.5. The van der Waals surface area contributed by atoms with Crippen LogP contribution in [0.15, 0.2) is 30.6 Å². The number of halogens is 1. The fourth-order valence-corrected chi connectivity index (χ4v) is 2.17. The monoisotopic (exact) mass is 293 g/mol. The third-order valence-electron chi connectivity index (χ3n) is 2.87. The summed E-state index contributed by atoms with van der Waals surface area (Å²) in [6.45, 7) is 6.38. The van der Waals surface area contributed by atoms with E-state index in [1.54, 1.807) is 0 Å². The number of nitrogens with zero attached hydrogens (tertiary/aromatic N) is 2. The SMILES string of the molecule is CCCn1cc(CNc2ccc(OCC)c(Cl)c2)cn1. The number of aryl methyl sites for hydroxylation is 1. The van der Waals surface area contributed by atoms with E-state index in [2.05, 4.69) is 23.5 Å². The molecular formula is C15H20ClN3O. The highest BCUT2D eigenvalue weighted by Gasteiger charge is 2.03. The summed E-state index contributed by atoms with van der Waals surface area (Å²) in [5.74, 6) is 0.718. The molecule has 0 saturated carbocycles. The Morgan fingerprint density at radius 3 is 2.90 bits per heavy atom.